The second-order valence-corrected chi connectivity index (χ2v) is 18.6. The minimum Gasteiger partial charge on any atom is -0.501 e. The van der Waals surface area contributed by atoms with Crippen LogP contribution >= 0.6 is 0 Å². The molecule has 0 saturated heterocycles. The first-order valence-corrected chi connectivity index (χ1v) is 20.8. The van der Waals surface area contributed by atoms with Gasteiger partial charge in [0.15, 0.2) is 0 Å². The van der Waals surface area contributed by atoms with Crippen LogP contribution in [0, 0.1) is 36.7 Å². The fourth-order valence-electron chi connectivity index (χ4n) is 9.21. The Labute approximate surface area is 374 Å². The van der Waals surface area contributed by atoms with Gasteiger partial charge >= 0.3 is 0 Å². The summed E-state index contributed by atoms with van der Waals surface area (Å²) in [5.74, 6) is -0.972. The Kier molecular flexibility index (Phi) is 9.04. The number of furan rings is 1. The largest absolute Gasteiger partial charge is 0.501 e. The molecule has 4 heteroatoms. The molecule has 303 valence electrons. The van der Waals surface area contributed by atoms with Gasteiger partial charge in [0.05, 0.1) is 5.58 Å². The molecule has 2 aliphatic carbocycles. The van der Waals surface area contributed by atoms with Crippen molar-refractivity contribution >= 4 is 43.5 Å². The third kappa shape index (κ3) is 8.29. The SMILES string of the molecule is [2H]C([2H])([2H])c1c[c-]c(-c2ccc(C(C)(C)C)cn2)cc1.[2H]C([2H])([2H])c1cnc(-c2[c-]ccc3c2oc2cc4c(ccc5ccccc54)cc23)cc1C1([2H])CCC2(CCC(C)(C)CC2)CC1.[Ir]. The Morgan fingerprint density at radius 3 is 2.22 bits per heavy atom. The number of fused-ring (bicyclic) bond motifs is 6. The molecule has 2 fully saturated rings. The number of aromatic nitrogens is 2. The number of pyridine rings is 2. The van der Waals surface area contributed by atoms with Crippen molar-refractivity contribution in [2.45, 2.75) is 111 Å². The molecular formula is C55H56IrN2O-2. The van der Waals surface area contributed by atoms with Crippen LogP contribution in [0.25, 0.3) is 66.0 Å². The van der Waals surface area contributed by atoms with E-state index in [2.05, 4.69) is 105 Å². The van der Waals surface area contributed by atoms with Crippen LogP contribution in [0.4, 0.5) is 0 Å². The summed E-state index contributed by atoms with van der Waals surface area (Å²) < 4.78 is 63.3. The molecule has 59 heavy (non-hydrogen) atoms. The predicted molar refractivity (Wildman–Crippen MR) is 243 cm³/mol. The van der Waals surface area contributed by atoms with Crippen molar-refractivity contribution in [1.29, 1.82) is 0 Å². The number of hydrogen-bond acceptors (Lipinski definition) is 3. The topological polar surface area (TPSA) is 38.9 Å². The molecule has 1 radical (unpaired) electrons. The molecule has 3 nitrogen and oxygen atoms in total. The van der Waals surface area contributed by atoms with Gasteiger partial charge < -0.3 is 14.4 Å². The Morgan fingerprint density at radius 2 is 1.51 bits per heavy atom. The van der Waals surface area contributed by atoms with E-state index in [1.165, 1.54) is 54.3 Å². The maximum Gasteiger partial charge on any atom is 0.121 e. The number of hydrogen-bond donors (Lipinski definition) is 0. The second kappa shape index (κ2) is 16.1. The Bertz CT molecular complexity index is 2980. The molecule has 0 bridgehead atoms. The van der Waals surface area contributed by atoms with Gasteiger partial charge in [-0.25, -0.2) is 0 Å². The van der Waals surface area contributed by atoms with Crippen LogP contribution in [0.2, 0.25) is 0 Å². The molecule has 0 unspecified atom stereocenters. The molecule has 3 aromatic heterocycles. The van der Waals surface area contributed by atoms with E-state index in [0.717, 1.165) is 51.2 Å². The average molecular weight is 960 g/mol. The quantitative estimate of drug-likeness (QED) is 0.131. The van der Waals surface area contributed by atoms with Gasteiger partial charge in [0.2, 0.25) is 0 Å². The molecule has 3 heterocycles. The zero-order valence-corrected chi connectivity index (χ0v) is 37.1. The van der Waals surface area contributed by atoms with E-state index in [-0.39, 0.29) is 31.1 Å². The maximum atomic E-state index is 9.71. The predicted octanol–water partition coefficient (Wildman–Crippen LogP) is 15.5. The van der Waals surface area contributed by atoms with Crippen molar-refractivity contribution in [3.63, 3.8) is 0 Å². The van der Waals surface area contributed by atoms with E-state index in [9.17, 15) is 1.37 Å². The molecule has 0 N–H and O–H groups in total. The number of rotatable bonds is 3. The van der Waals surface area contributed by atoms with Gasteiger partial charge in [-0.3, -0.25) is 0 Å². The van der Waals surface area contributed by atoms with Crippen LogP contribution in [-0.2, 0) is 25.5 Å². The van der Waals surface area contributed by atoms with Crippen LogP contribution in [0.1, 0.15) is 124 Å². The minimum absolute atomic E-state index is 0. The van der Waals surface area contributed by atoms with Crippen LogP contribution < -0.4 is 0 Å². The summed E-state index contributed by atoms with van der Waals surface area (Å²) in [5, 5.41) is 6.65. The number of nitrogens with zero attached hydrogens (tertiary/aromatic N) is 2. The molecule has 1 spiro atoms. The molecule has 0 aliphatic heterocycles. The van der Waals surface area contributed by atoms with Crippen LogP contribution in [-0.4, -0.2) is 9.97 Å². The van der Waals surface area contributed by atoms with Crippen molar-refractivity contribution in [2.24, 2.45) is 10.8 Å². The second-order valence-electron chi connectivity index (χ2n) is 18.6. The summed E-state index contributed by atoms with van der Waals surface area (Å²) in [7, 11) is 0. The van der Waals surface area contributed by atoms with Crippen LogP contribution in [0.15, 0.2) is 114 Å². The summed E-state index contributed by atoms with van der Waals surface area (Å²) >= 11 is 0. The molecule has 0 atom stereocenters. The summed E-state index contributed by atoms with van der Waals surface area (Å²) in [4.78, 5) is 9.12. The van der Waals surface area contributed by atoms with Crippen LogP contribution in [0.3, 0.4) is 0 Å². The van der Waals surface area contributed by atoms with Gasteiger partial charge in [0, 0.05) is 47.5 Å². The number of benzene rings is 5. The first kappa shape index (κ1) is 33.1. The van der Waals surface area contributed by atoms with Gasteiger partial charge in [-0.2, -0.15) is 0 Å². The summed E-state index contributed by atoms with van der Waals surface area (Å²) in [6, 6.07) is 38.0. The molecule has 2 aliphatic rings. The van der Waals surface area contributed by atoms with E-state index in [4.69, 9.17) is 12.6 Å². The third-order valence-electron chi connectivity index (χ3n) is 13.1. The summed E-state index contributed by atoms with van der Waals surface area (Å²) in [5.41, 5.74) is 7.36. The Balaban J connectivity index is 0.000000238. The van der Waals surface area contributed by atoms with Gasteiger partial charge in [0.25, 0.3) is 0 Å². The van der Waals surface area contributed by atoms with Gasteiger partial charge in [-0.05, 0) is 142 Å². The molecule has 8 aromatic rings. The van der Waals surface area contributed by atoms with E-state index in [1.54, 1.807) is 12.1 Å². The van der Waals surface area contributed by atoms with E-state index in [0.29, 0.717) is 51.6 Å². The molecule has 2 saturated carbocycles. The third-order valence-corrected chi connectivity index (χ3v) is 13.1. The minimum atomic E-state index is -2.35. The molecular weight excluding hydrogens is 897 g/mol. The van der Waals surface area contributed by atoms with Crippen LogP contribution in [0.5, 0.6) is 0 Å². The van der Waals surface area contributed by atoms with Crippen molar-refractivity contribution in [3.05, 3.63) is 144 Å². The van der Waals surface area contributed by atoms with Crippen molar-refractivity contribution < 1.29 is 34.1 Å². The molecule has 5 aromatic carbocycles. The Morgan fingerprint density at radius 1 is 0.729 bits per heavy atom. The number of aryl methyl sites for hydroxylation is 2. The fourth-order valence-corrected chi connectivity index (χ4v) is 9.21. The smallest absolute Gasteiger partial charge is 0.121 e. The monoisotopic (exact) mass is 960 g/mol. The van der Waals surface area contributed by atoms with E-state index in [1.807, 2.05) is 36.5 Å². The standard InChI is InChI=1S/C39H38NO.C16H18N.Ir/c1-25-24-40-35(22-32(25)27-13-15-39(16-14-27)19-17-38(2,3)18-20-39)31-10-6-9-30-34-21-28-12-11-26-7-4-5-8-29(26)33(28)23-36(34)41-37(30)31;1-12-5-7-13(8-6-12)15-10-9-14(11-17-15)16(2,3)4;/h4-9,11-12,21-24,27H,13-20H2,1-3H3;5-7,9-11H,1-4H3;/q2*-1;/i1D3,27D;1D3;. The van der Waals surface area contributed by atoms with E-state index >= 15 is 0 Å². The maximum absolute atomic E-state index is 9.71. The van der Waals surface area contributed by atoms with Gasteiger partial charge in [-0.15, -0.1) is 53.6 Å². The first-order chi connectivity index (χ1) is 30.6. The van der Waals surface area contributed by atoms with E-state index < -0.39 is 19.6 Å². The van der Waals surface area contributed by atoms with Crippen molar-refractivity contribution in [1.82, 2.24) is 9.97 Å². The fraction of sp³-hybridized carbons (Fsp3) is 0.345. The Hall–Kier alpha value is -4.63. The van der Waals surface area contributed by atoms with Crippen molar-refractivity contribution in [2.75, 3.05) is 0 Å². The van der Waals surface area contributed by atoms with Gasteiger partial charge in [-0.1, -0.05) is 107 Å². The first-order valence-electron chi connectivity index (χ1n) is 24.3. The molecule has 0 amide bonds. The summed E-state index contributed by atoms with van der Waals surface area (Å²) in [6.45, 7) is 6.71. The zero-order valence-electron chi connectivity index (χ0n) is 41.7. The average Bonchev–Trinajstić information content (AvgIpc) is 3.65. The normalized spacial score (nSPS) is 19.3. The van der Waals surface area contributed by atoms with Gasteiger partial charge in [0.1, 0.15) is 5.58 Å². The molecule has 10 rings (SSSR count). The summed E-state index contributed by atoms with van der Waals surface area (Å²) in [6.07, 6.45) is 11.5. The van der Waals surface area contributed by atoms with Crippen molar-refractivity contribution in [3.8, 4) is 22.5 Å². The zero-order chi connectivity index (χ0) is 46.2.